The van der Waals surface area contributed by atoms with E-state index in [4.69, 9.17) is 5.11 Å². The summed E-state index contributed by atoms with van der Waals surface area (Å²) in [6.45, 7) is 0.959. The maximum atomic E-state index is 10.8. The van der Waals surface area contributed by atoms with Crippen LogP contribution in [-0.2, 0) is 17.8 Å². The van der Waals surface area contributed by atoms with Crippen molar-refractivity contribution >= 4 is 5.97 Å². The molecule has 1 aromatic heterocycles. The van der Waals surface area contributed by atoms with Crippen LogP contribution in [0.4, 0.5) is 0 Å². The summed E-state index contributed by atoms with van der Waals surface area (Å²) in [5, 5.41) is 17.1. The second-order valence-electron chi connectivity index (χ2n) is 4.37. The Morgan fingerprint density at radius 3 is 3.00 bits per heavy atom. The number of fused-ring (bicyclic) bond motifs is 1. The van der Waals surface area contributed by atoms with Crippen LogP contribution in [0.5, 0.6) is 0 Å². The Bertz CT molecular complexity index is 413. The molecule has 0 spiro atoms. The molecule has 1 fully saturated rings. The number of hydrogen-bond acceptors (Lipinski definition) is 3. The van der Waals surface area contributed by atoms with Crippen LogP contribution in [0.15, 0.2) is 0 Å². The summed E-state index contributed by atoms with van der Waals surface area (Å²) in [4.78, 5) is 10.8. The average Bonchev–Trinajstić information content (AvgIpc) is 2.92. The molecule has 0 saturated heterocycles. The standard InChI is InChI=1S/C10H13N3O2/c14-10(15)7-5-6(7)9-12-11-8-3-1-2-4-13(8)9/h6-7H,1-5H2,(H,14,15). The lowest BCUT2D eigenvalue weighted by atomic mass is 10.1. The summed E-state index contributed by atoms with van der Waals surface area (Å²) < 4.78 is 2.12. The molecule has 2 aliphatic rings. The van der Waals surface area contributed by atoms with Crippen LogP contribution in [0, 0.1) is 5.92 Å². The zero-order valence-corrected chi connectivity index (χ0v) is 8.39. The molecule has 1 aliphatic heterocycles. The van der Waals surface area contributed by atoms with Crippen molar-refractivity contribution in [2.45, 2.75) is 38.1 Å². The van der Waals surface area contributed by atoms with E-state index >= 15 is 0 Å². The number of rotatable bonds is 2. The van der Waals surface area contributed by atoms with Gasteiger partial charge in [0.2, 0.25) is 0 Å². The molecule has 2 heterocycles. The normalized spacial score (nSPS) is 28.5. The van der Waals surface area contributed by atoms with Gasteiger partial charge in [0.1, 0.15) is 11.6 Å². The van der Waals surface area contributed by atoms with Gasteiger partial charge in [-0.3, -0.25) is 4.79 Å². The predicted molar refractivity (Wildman–Crippen MR) is 51.4 cm³/mol. The van der Waals surface area contributed by atoms with Crippen molar-refractivity contribution in [2.75, 3.05) is 0 Å². The first kappa shape index (κ1) is 8.88. The van der Waals surface area contributed by atoms with Crippen molar-refractivity contribution in [1.29, 1.82) is 0 Å². The highest BCUT2D eigenvalue weighted by Gasteiger charge is 2.47. The number of nitrogens with zero attached hydrogens (tertiary/aromatic N) is 3. The molecule has 1 aromatic rings. The van der Waals surface area contributed by atoms with Gasteiger partial charge in [0.15, 0.2) is 0 Å². The number of aryl methyl sites for hydroxylation is 1. The van der Waals surface area contributed by atoms with Crippen LogP contribution in [0.25, 0.3) is 0 Å². The summed E-state index contributed by atoms with van der Waals surface area (Å²) in [6, 6.07) is 0. The maximum Gasteiger partial charge on any atom is 0.307 e. The zero-order chi connectivity index (χ0) is 10.4. The Morgan fingerprint density at radius 2 is 2.27 bits per heavy atom. The average molecular weight is 207 g/mol. The summed E-state index contributed by atoms with van der Waals surface area (Å²) >= 11 is 0. The second kappa shape index (κ2) is 3.05. The van der Waals surface area contributed by atoms with Gasteiger partial charge in [0.25, 0.3) is 0 Å². The third-order valence-electron chi connectivity index (χ3n) is 3.33. The molecule has 1 saturated carbocycles. The van der Waals surface area contributed by atoms with E-state index in [0.29, 0.717) is 0 Å². The molecular weight excluding hydrogens is 194 g/mol. The molecule has 2 unspecified atom stereocenters. The second-order valence-corrected chi connectivity index (χ2v) is 4.37. The molecule has 1 N–H and O–H groups in total. The lowest BCUT2D eigenvalue weighted by Gasteiger charge is -2.14. The molecule has 3 rings (SSSR count). The van der Waals surface area contributed by atoms with E-state index in [0.717, 1.165) is 37.5 Å². The number of aromatic nitrogens is 3. The van der Waals surface area contributed by atoms with Crippen LogP contribution >= 0.6 is 0 Å². The van der Waals surface area contributed by atoms with Gasteiger partial charge in [-0.15, -0.1) is 10.2 Å². The molecular formula is C10H13N3O2. The Hall–Kier alpha value is -1.39. The topological polar surface area (TPSA) is 68.0 Å². The van der Waals surface area contributed by atoms with E-state index in [1.807, 2.05) is 0 Å². The fourth-order valence-electron chi connectivity index (χ4n) is 2.36. The molecule has 0 aromatic carbocycles. The largest absolute Gasteiger partial charge is 0.481 e. The van der Waals surface area contributed by atoms with Gasteiger partial charge in [-0.2, -0.15) is 0 Å². The van der Waals surface area contributed by atoms with Gasteiger partial charge in [-0.25, -0.2) is 0 Å². The summed E-state index contributed by atoms with van der Waals surface area (Å²) in [5.41, 5.74) is 0. The van der Waals surface area contributed by atoms with Crippen LogP contribution in [-0.4, -0.2) is 25.8 Å². The lowest BCUT2D eigenvalue weighted by Crippen LogP contribution is -2.13. The first-order valence-corrected chi connectivity index (χ1v) is 5.42. The van der Waals surface area contributed by atoms with Crippen molar-refractivity contribution in [3.05, 3.63) is 11.6 Å². The summed E-state index contributed by atoms with van der Waals surface area (Å²) in [7, 11) is 0. The third kappa shape index (κ3) is 1.33. The van der Waals surface area contributed by atoms with E-state index in [-0.39, 0.29) is 11.8 Å². The monoisotopic (exact) mass is 207 g/mol. The highest BCUT2D eigenvalue weighted by Crippen LogP contribution is 2.47. The third-order valence-corrected chi connectivity index (χ3v) is 3.33. The molecule has 80 valence electrons. The van der Waals surface area contributed by atoms with E-state index in [1.54, 1.807) is 0 Å². The number of carboxylic acid groups (broad SMARTS) is 1. The molecule has 1 aliphatic carbocycles. The fourth-order valence-corrected chi connectivity index (χ4v) is 2.36. The Balaban J connectivity index is 1.87. The highest BCUT2D eigenvalue weighted by atomic mass is 16.4. The SMILES string of the molecule is O=C(O)C1CC1c1nnc2n1CCCC2. The van der Waals surface area contributed by atoms with Crippen LogP contribution in [0.3, 0.4) is 0 Å². The zero-order valence-electron chi connectivity index (χ0n) is 8.39. The van der Waals surface area contributed by atoms with Crippen LogP contribution in [0.2, 0.25) is 0 Å². The van der Waals surface area contributed by atoms with Gasteiger partial charge < -0.3 is 9.67 Å². The summed E-state index contributed by atoms with van der Waals surface area (Å²) in [6.07, 6.45) is 4.04. The molecule has 2 atom stereocenters. The number of carbonyl (C=O) groups is 1. The van der Waals surface area contributed by atoms with Gasteiger partial charge >= 0.3 is 5.97 Å². The molecule has 0 radical (unpaired) electrons. The van der Waals surface area contributed by atoms with Gasteiger partial charge in [-0.05, 0) is 19.3 Å². The smallest absolute Gasteiger partial charge is 0.307 e. The van der Waals surface area contributed by atoms with Gasteiger partial charge in [0.05, 0.1) is 5.92 Å². The molecule has 15 heavy (non-hydrogen) atoms. The summed E-state index contributed by atoms with van der Waals surface area (Å²) in [5.74, 6) is 1.12. The van der Waals surface area contributed by atoms with Crippen molar-refractivity contribution in [2.24, 2.45) is 5.92 Å². The van der Waals surface area contributed by atoms with Gasteiger partial charge in [-0.1, -0.05) is 0 Å². The van der Waals surface area contributed by atoms with Crippen molar-refractivity contribution in [3.63, 3.8) is 0 Å². The minimum Gasteiger partial charge on any atom is -0.481 e. The number of carboxylic acids is 1. The van der Waals surface area contributed by atoms with E-state index in [9.17, 15) is 4.79 Å². The maximum absolute atomic E-state index is 10.8. The number of hydrogen-bond donors (Lipinski definition) is 1. The minimum absolute atomic E-state index is 0.113. The van der Waals surface area contributed by atoms with Crippen molar-refractivity contribution in [3.8, 4) is 0 Å². The Kier molecular flexibility index (Phi) is 1.81. The first-order chi connectivity index (χ1) is 7.27. The van der Waals surface area contributed by atoms with E-state index in [2.05, 4.69) is 14.8 Å². The van der Waals surface area contributed by atoms with Gasteiger partial charge in [0, 0.05) is 18.9 Å². The van der Waals surface area contributed by atoms with E-state index < -0.39 is 5.97 Å². The number of aliphatic carboxylic acids is 1. The fraction of sp³-hybridized carbons (Fsp3) is 0.700. The Labute approximate surface area is 87.1 Å². The quantitative estimate of drug-likeness (QED) is 0.779. The van der Waals surface area contributed by atoms with Crippen molar-refractivity contribution < 1.29 is 9.90 Å². The van der Waals surface area contributed by atoms with Crippen molar-refractivity contribution in [1.82, 2.24) is 14.8 Å². The first-order valence-electron chi connectivity index (χ1n) is 5.42. The lowest BCUT2D eigenvalue weighted by molar-refractivity contribution is -0.138. The van der Waals surface area contributed by atoms with Crippen LogP contribution < -0.4 is 0 Å². The minimum atomic E-state index is -0.701. The van der Waals surface area contributed by atoms with E-state index in [1.165, 1.54) is 6.42 Å². The predicted octanol–water partition coefficient (Wildman–Crippen LogP) is 0.802. The van der Waals surface area contributed by atoms with Crippen LogP contribution in [0.1, 0.15) is 36.8 Å². The molecule has 0 bridgehead atoms. The Morgan fingerprint density at radius 1 is 1.40 bits per heavy atom. The molecule has 5 heteroatoms. The highest BCUT2D eigenvalue weighted by molar-refractivity contribution is 5.74. The molecule has 0 amide bonds. The molecule has 5 nitrogen and oxygen atoms in total.